The molecule has 1 fully saturated rings. The van der Waals surface area contributed by atoms with Gasteiger partial charge in [0.15, 0.2) is 17.3 Å². The second-order valence-corrected chi connectivity index (χ2v) is 6.83. The van der Waals surface area contributed by atoms with Crippen LogP contribution >= 0.6 is 0 Å². The number of carbonyl (C=O) groups excluding carboxylic acids is 1. The molecule has 0 atom stereocenters. The summed E-state index contributed by atoms with van der Waals surface area (Å²) < 4.78 is 11.5. The summed E-state index contributed by atoms with van der Waals surface area (Å²) in [6.07, 6.45) is 7.64. The summed E-state index contributed by atoms with van der Waals surface area (Å²) >= 11 is 0. The number of hydrogen-bond donors (Lipinski definition) is 1. The van der Waals surface area contributed by atoms with Gasteiger partial charge in [-0.05, 0) is 50.7 Å². The largest absolute Gasteiger partial charge is 0.493 e. The molecule has 0 saturated heterocycles. The first kappa shape index (κ1) is 16.9. The Labute approximate surface area is 144 Å². The third-order valence-electron chi connectivity index (χ3n) is 5.11. The van der Waals surface area contributed by atoms with Crippen LogP contribution < -0.4 is 14.8 Å². The second kappa shape index (κ2) is 7.73. The number of allylic oxidation sites excluding steroid dienone is 2. The lowest BCUT2D eigenvalue weighted by Gasteiger charge is -2.20. The van der Waals surface area contributed by atoms with Gasteiger partial charge in [-0.3, -0.25) is 4.79 Å². The number of rotatable bonds is 6. The van der Waals surface area contributed by atoms with E-state index in [4.69, 9.17) is 9.47 Å². The number of benzene rings is 1. The van der Waals surface area contributed by atoms with Gasteiger partial charge in [-0.15, -0.1) is 0 Å². The number of ether oxygens (including phenoxy) is 2. The van der Waals surface area contributed by atoms with Gasteiger partial charge in [-0.25, -0.2) is 0 Å². The van der Waals surface area contributed by atoms with Gasteiger partial charge in [-0.2, -0.15) is 0 Å². The summed E-state index contributed by atoms with van der Waals surface area (Å²) in [6.45, 7) is 2.66. The van der Waals surface area contributed by atoms with Crippen LogP contribution in [-0.4, -0.2) is 19.5 Å². The van der Waals surface area contributed by atoms with Crippen LogP contribution in [0.1, 0.15) is 51.9 Å². The van der Waals surface area contributed by atoms with Crippen molar-refractivity contribution in [2.75, 3.05) is 19.0 Å². The summed E-state index contributed by atoms with van der Waals surface area (Å²) in [7, 11) is 1.66. The Hall–Kier alpha value is -1.97. The SMILES string of the molecule is COc1ccc(NC2=C(C)C(=O)CCC2)cc1OCC1CCCC1. The fourth-order valence-electron chi connectivity index (χ4n) is 3.55. The molecule has 2 aliphatic rings. The van der Waals surface area contributed by atoms with Crippen molar-refractivity contribution in [2.24, 2.45) is 5.92 Å². The van der Waals surface area contributed by atoms with Crippen molar-refractivity contribution in [1.82, 2.24) is 0 Å². The molecule has 1 N–H and O–H groups in total. The van der Waals surface area contributed by atoms with Gasteiger partial charge in [0.1, 0.15) is 0 Å². The highest BCUT2D eigenvalue weighted by Gasteiger charge is 2.19. The molecule has 0 aliphatic heterocycles. The minimum atomic E-state index is 0.245. The number of anilines is 1. The maximum Gasteiger partial charge on any atom is 0.163 e. The van der Waals surface area contributed by atoms with Crippen LogP contribution in [0.15, 0.2) is 29.5 Å². The van der Waals surface area contributed by atoms with Crippen molar-refractivity contribution in [2.45, 2.75) is 51.9 Å². The van der Waals surface area contributed by atoms with E-state index in [0.717, 1.165) is 47.9 Å². The highest BCUT2D eigenvalue weighted by Crippen LogP contribution is 2.34. The minimum absolute atomic E-state index is 0.245. The Morgan fingerprint density at radius 1 is 1.12 bits per heavy atom. The fourth-order valence-corrected chi connectivity index (χ4v) is 3.55. The van der Waals surface area contributed by atoms with Crippen LogP contribution in [0.2, 0.25) is 0 Å². The van der Waals surface area contributed by atoms with Crippen LogP contribution in [0.3, 0.4) is 0 Å². The Balaban J connectivity index is 1.73. The van der Waals surface area contributed by atoms with Crippen molar-refractivity contribution in [3.05, 3.63) is 29.5 Å². The molecular formula is C20H27NO3. The highest BCUT2D eigenvalue weighted by molar-refractivity contribution is 5.96. The van der Waals surface area contributed by atoms with Crippen LogP contribution in [0, 0.1) is 5.92 Å². The van der Waals surface area contributed by atoms with Crippen molar-refractivity contribution >= 4 is 11.5 Å². The van der Waals surface area contributed by atoms with Crippen LogP contribution in [-0.2, 0) is 4.79 Å². The molecule has 0 aromatic heterocycles. The molecule has 130 valence electrons. The molecule has 2 aliphatic carbocycles. The van der Waals surface area contributed by atoms with Crippen molar-refractivity contribution in [3.8, 4) is 11.5 Å². The average molecular weight is 329 g/mol. The van der Waals surface area contributed by atoms with E-state index in [-0.39, 0.29) is 5.78 Å². The molecule has 0 unspecified atom stereocenters. The number of methoxy groups -OCH3 is 1. The molecule has 1 aromatic rings. The fraction of sp³-hybridized carbons (Fsp3) is 0.550. The van der Waals surface area contributed by atoms with Crippen molar-refractivity contribution in [1.29, 1.82) is 0 Å². The number of nitrogens with one attached hydrogen (secondary N) is 1. The maximum absolute atomic E-state index is 11.9. The topological polar surface area (TPSA) is 47.6 Å². The van der Waals surface area contributed by atoms with Crippen LogP contribution in [0.5, 0.6) is 11.5 Å². The van der Waals surface area contributed by atoms with Gasteiger partial charge in [0.2, 0.25) is 0 Å². The van der Waals surface area contributed by atoms with Gasteiger partial charge in [0.25, 0.3) is 0 Å². The molecule has 1 aromatic carbocycles. The molecule has 24 heavy (non-hydrogen) atoms. The Kier molecular flexibility index (Phi) is 5.44. The molecule has 1 saturated carbocycles. The van der Waals surface area contributed by atoms with E-state index in [0.29, 0.717) is 12.3 Å². The Bertz CT molecular complexity index is 630. The van der Waals surface area contributed by atoms with E-state index >= 15 is 0 Å². The molecule has 0 radical (unpaired) electrons. The molecule has 0 spiro atoms. The zero-order valence-electron chi connectivity index (χ0n) is 14.7. The van der Waals surface area contributed by atoms with Crippen molar-refractivity contribution < 1.29 is 14.3 Å². The Morgan fingerprint density at radius 3 is 2.67 bits per heavy atom. The van der Waals surface area contributed by atoms with E-state index < -0.39 is 0 Å². The summed E-state index contributed by atoms with van der Waals surface area (Å²) in [6, 6.07) is 5.88. The number of carbonyl (C=O) groups is 1. The third-order valence-corrected chi connectivity index (χ3v) is 5.11. The first-order valence-electron chi connectivity index (χ1n) is 8.98. The van der Waals surface area contributed by atoms with E-state index in [1.54, 1.807) is 7.11 Å². The minimum Gasteiger partial charge on any atom is -0.493 e. The number of ketones is 1. The summed E-state index contributed by atoms with van der Waals surface area (Å²) in [5.41, 5.74) is 2.82. The highest BCUT2D eigenvalue weighted by atomic mass is 16.5. The third kappa shape index (κ3) is 3.92. The predicted molar refractivity (Wildman–Crippen MR) is 95.6 cm³/mol. The Morgan fingerprint density at radius 2 is 1.92 bits per heavy atom. The quantitative estimate of drug-likeness (QED) is 0.821. The monoisotopic (exact) mass is 329 g/mol. The van der Waals surface area contributed by atoms with Crippen LogP contribution in [0.25, 0.3) is 0 Å². The average Bonchev–Trinajstić information content (AvgIpc) is 3.11. The smallest absolute Gasteiger partial charge is 0.163 e. The van der Waals surface area contributed by atoms with Gasteiger partial charge < -0.3 is 14.8 Å². The summed E-state index contributed by atoms with van der Waals surface area (Å²) in [4.78, 5) is 11.9. The molecule has 0 heterocycles. The second-order valence-electron chi connectivity index (χ2n) is 6.83. The van der Waals surface area contributed by atoms with E-state index in [2.05, 4.69) is 5.32 Å². The number of hydrogen-bond acceptors (Lipinski definition) is 4. The molecule has 4 nitrogen and oxygen atoms in total. The lowest BCUT2D eigenvalue weighted by molar-refractivity contribution is -0.116. The zero-order valence-corrected chi connectivity index (χ0v) is 14.7. The molecular weight excluding hydrogens is 302 g/mol. The first-order chi connectivity index (χ1) is 11.7. The zero-order chi connectivity index (χ0) is 16.9. The van der Waals surface area contributed by atoms with Gasteiger partial charge in [-0.1, -0.05) is 12.8 Å². The number of Topliss-reactive ketones (excluding diaryl/α,β-unsaturated/α-hetero) is 1. The lowest BCUT2D eigenvalue weighted by atomic mass is 9.96. The molecule has 4 heteroatoms. The standard InChI is InChI=1S/C20H27NO3/c1-14-17(8-5-9-18(14)22)21-16-10-11-19(23-2)20(12-16)24-13-15-6-3-4-7-15/h10-12,15,21H,3-9,13H2,1-2H3. The normalized spacial score (nSPS) is 18.8. The van der Waals surface area contributed by atoms with E-state index in [1.807, 2.05) is 25.1 Å². The summed E-state index contributed by atoms with van der Waals surface area (Å²) in [5, 5.41) is 3.40. The molecule has 0 amide bonds. The lowest BCUT2D eigenvalue weighted by Crippen LogP contribution is -2.14. The predicted octanol–water partition coefficient (Wildman–Crippen LogP) is 4.70. The van der Waals surface area contributed by atoms with Gasteiger partial charge in [0, 0.05) is 29.4 Å². The first-order valence-corrected chi connectivity index (χ1v) is 8.98. The maximum atomic E-state index is 11.9. The van der Waals surface area contributed by atoms with Crippen LogP contribution in [0.4, 0.5) is 5.69 Å². The van der Waals surface area contributed by atoms with Crippen molar-refractivity contribution in [3.63, 3.8) is 0 Å². The van der Waals surface area contributed by atoms with E-state index in [9.17, 15) is 4.79 Å². The van der Waals surface area contributed by atoms with Gasteiger partial charge >= 0.3 is 0 Å². The van der Waals surface area contributed by atoms with E-state index in [1.165, 1.54) is 25.7 Å². The molecule has 0 bridgehead atoms. The van der Waals surface area contributed by atoms with Gasteiger partial charge in [0.05, 0.1) is 13.7 Å². The summed E-state index contributed by atoms with van der Waals surface area (Å²) in [5.74, 6) is 2.43. The molecule has 3 rings (SSSR count).